The van der Waals surface area contributed by atoms with Crippen molar-refractivity contribution in [1.29, 1.82) is 0 Å². The van der Waals surface area contributed by atoms with E-state index >= 15 is 0 Å². The van der Waals surface area contributed by atoms with Crippen molar-refractivity contribution in [3.8, 4) is 0 Å². The molecule has 0 fully saturated rings. The molecular weight excluding hydrogens is 363 g/mol. The van der Waals surface area contributed by atoms with Gasteiger partial charge in [0.15, 0.2) is 0 Å². The van der Waals surface area contributed by atoms with Gasteiger partial charge >= 0.3 is 0 Å². The first kappa shape index (κ1) is 19.3. The molecule has 25 heavy (non-hydrogen) atoms. The molecule has 2 rings (SSSR count). The Hall–Kier alpha value is -2.05. The summed E-state index contributed by atoms with van der Waals surface area (Å²) in [4.78, 5) is 24.8. The van der Waals surface area contributed by atoms with Crippen LogP contribution >= 0.6 is 23.4 Å². The molecule has 132 valence electrons. The van der Waals surface area contributed by atoms with Crippen LogP contribution in [0.3, 0.4) is 0 Å². The Morgan fingerprint density at radius 1 is 1.04 bits per heavy atom. The van der Waals surface area contributed by atoms with Gasteiger partial charge in [-0.15, -0.1) is 11.8 Å². The van der Waals surface area contributed by atoms with Gasteiger partial charge in [-0.1, -0.05) is 29.8 Å². The van der Waals surface area contributed by atoms with Gasteiger partial charge in [-0.05, 0) is 30.3 Å². The predicted octanol–water partition coefficient (Wildman–Crippen LogP) is 3.51. The molecule has 0 aliphatic carbocycles. The van der Waals surface area contributed by atoms with Crippen molar-refractivity contribution in [2.75, 3.05) is 18.8 Å². The molecule has 0 unspecified atom stereocenters. The third-order valence-electron chi connectivity index (χ3n) is 3.25. The monoisotopic (exact) mass is 380 g/mol. The predicted molar refractivity (Wildman–Crippen MR) is 98.5 cm³/mol. The van der Waals surface area contributed by atoms with E-state index in [1.54, 1.807) is 11.8 Å². The highest BCUT2D eigenvalue weighted by Crippen LogP contribution is 2.17. The maximum Gasteiger partial charge on any atom is 0.252 e. The average Bonchev–Trinajstić information content (AvgIpc) is 2.59. The van der Waals surface area contributed by atoms with Crippen molar-refractivity contribution < 1.29 is 14.0 Å². The summed E-state index contributed by atoms with van der Waals surface area (Å²) >= 11 is 7.48. The Morgan fingerprint density at radius 3 is 2.52 bits per heavy atom. The fourth-order valence-electron chi connectivity index (χ4n) is 2.02. The summed E-state index contributed by atoms with van der Waals surface area (Å²) in [7, 11) is 0. The molecule has 0 aromatic heterocycles. The minimum Gasteiger partial charge on any atom is -0.355 e. The first-order valence-electron chi connectivity index (χ1n) is 7.74. The fraction of sp³-hybridized carbons (Fsp3) is 0.222. The van der Waals surface area contributed by atoms with Crippen molar-refractivity contribution in [2.45, 2.75) is 11.3 Å². The van der Waals surface area contributed by atoms with E-state index in [4.69, 9.17) is 11.6 Å². The summed E-state index contributed by atoms with van der Waals surface area (Å²) in [6.45, 7) is 0.736. The molecule has 2 aromatic carbocycles. The maximum absolute atomic E-state index is 13.0. The molecule has 7 heteroatoms. The van der Waals surface area contributed by atoms with Crippen molar-refractivity contribution in [3.63, 3.8) is 0 Å². The highest BCUT2D eigenvalue weighted by atomic mass is 35.5. The van der Waals surface area contributed by atoms with E-state index in [1.807, 2.05) is 30.3 Å². The van der Waals surface area contributed by atoms with Crippen molar-refractivity contribution in [1.82, 2.24) is 10.6 Å². The number of carbonyl (C=O) groups is 2. The first-order valence-corrected chi connectivity index (χ1v) is 9.10. The van der Waals surface area contributed by atoms with Gasteiger partial charge in [-0.2, -0.15) is 0 Å². The van der Waals surface area contributed by atoms with Crippen molar-refractivity contribution in [2.24, 2.45) is 0 Å². The summed E-state index contributed by atoms with van der Waals surface area (Å²) in [6, 6.07) is 13.5. The smallest absolute Gasteiger partial charge is 0.252 e. The van der Waals surface area contributed by atoms with E-state index in [1.165, 1.54) is 6.07 Å². The number of amides is 2. The van der Waals surface area contributed by atoms with Gasteiger partial charge in [0.25, 0.3) is 5.91 Å². The van der Waals surface area contributed by atoms with Crippen LogP contribution in [0.4, 0.5) is 4.39 Å². The molecule has 2 amide bonds. The highest BCUT2D eigenvalue weighted by molar-refractivity contribution is 7.99. The minimum absolute atomic E-state index is 0.0416. The standard InChI is InChI=1S/C18H18ClFN2O2S/c19-16-12-13(20)6-7-15(16)18(24)22-9-8-17(23)21-10-11-25-14-4-2-1-3-5-14/h1-7,12H,8-11H2,(H,21,23)(H,22,24). The summed E-state index contributed by atoms with van der Waals surface area (Å²) in [5.74, 6) is -0.307. The summed E-state index contributed by atoms with van der Waals surface area (Å²) in [5.41, 5.74) is 0.183. The summed E-state index contributed by atoms with van der Waals surface area (Å²) < 4.78 is 13.0. The van der Waals surface area contributed by atoms with E-state index in [0.717, 1.165) is 22.8 Å². The van der Waals surface area contributed by atoms with Crippen LogP contribution in [0.15, 0.2) is 53.4 Å². The van der Waals surface area contributed by atoms with Crippen LogP contribution in [0.5, 0.6) is 0 Å². The van der Waals surface area contributed by atoms with E-state index in [0.29, 0.717) is 6.54 Å². The highest BCUT2D eigenvalue weighted by Gasteiger charge is 2.11. The zero-order valence-electron chi connectivity index (χ0n) is 13.4. The number of hydrogen-bond acceptors (Lipinski definition) is 3. The Balaban J connectivity index is 1.62. The lowest BCUT2D eigenvalue weighted by Gasteiger charge is -2.08. The molecule has 2 aromatic rings. The molecule has 0 heterocycles. The van der Waals surface area contributed by atoms with Crippen LogP contribution in [0.2, 0.25) is 5.02 Å². The van der Waals surface area contributed by atoms with Gasteiger partial charge in [0.1, 0.15) is 5.82 Å². The second-order valence-electron chi connectivity index (χ2n) is 5.14. The van der Waals surface area contributed by atoms with Crippen LogP contribution in [-0.2, 0) is 4.79 Å². The number of rotatable bonds is 8. The zero-order valence-corrected chi connectivity index (χ0v) is 15.0. The molecular formula is C18H18ClFN2O2S. The lowest BCUT2D eigenvalue weighted by atomic mass is 10.2. The van der Waals surface area contributed by atoms with Gasteiger partial charge in [-0.3, -0.25) is 9.59 Å². The molecule has 4 nitrogen and oxygen atoms in total. The van der Waals surface area contributed by atoms with Crippen LogP contribution in [0.25, 0.3) is 0 Å². The Morgan fingerprint density at radius 2 is 1.80 bits per heavy atom. The van der Waals surface area contributed by atoms with Gasteiger partial charge in [0.05, 0.1) is 10.6 Å². The lowest BCUT2D eigenvalue weighted by Crippen LogP contribution is -2.31. The zero-order chi connectivity index (χ0) is 18.1. The number of benzene rings is 2. The Bertz CT molecular complexity index is 728. The van der Waals surface area contributed by atoms with Crippen LogP contribution in [-0.4, -0.2) is 30.7 Å². The molecule has 0 aliphatic rings. The molecule has 0 saturated carbocycles. The third kappa shape index (κ3) is 6.76. The fourth-order valence-corrected chi connectivity index (χ4v) is 3.07. The van der Waals surface area contributed by atoms with Crippen LogP contribution < -0.4 is 10.6 Å². The van der Waals surface area contributed by atoms with Gasteiger partial charge < -0.3 is 10.6 Å². The third-order valence-corrected chi connectivity index (χ3v) is 4.58. The first-order chi connectivity index (χ1) is 12.1. The average molecular weight is 381 g/mol. The maximum atomic E-state index is 13.0. The molecule has 0 bridgehead atoms. The van der Waals surface area contributed by atoms with Crippen LogP contribution in [0, 0.1) is 5.82 Å². The molecule has 0 radical (unpaired) electrons. The molecule has 0 atom stereocenters. The van der Waals surface area contributed by atoms with Crippen molar-refractivity contribution >= 4 is 35.2 Å². The number of carbonyl (C=O) groups excluding carboxylic acids is 2. The lowest BCUT2D eigenvalue weighted by molar-refractivity contribution is -0.120. The SMILES string of the molecule is O=C(CCNC(=O)c1ccc(F)cc1Cl)NCCSc1ccccc1. The number of nitrogens with one attached hydrogen (secondary N) is 2. The van der Waals surface area contributed by atoms with E-state index in [9.17, 15) is 14.0 Å². The van der Waals surface area contributed by atoms with E-state index in [-0.39, 0.29) is 29.5 Å². The van der Waals surface area contributed by atoms with Gasteiger partial charge in [0.2, 0.25) is 5.91 Å². The van der Waals surface area contributed by atoms with Gasteiger partial charge in [-0.25, -0.2) is 4.39 Å². The summed E-state index contributed by atoms with van der Waals surface area (Å²) in [6.07, 6.45) is 0.167. The van der Waals surface area contributed by atoms with E-state index in [2.05, 4.69) is 10.6 Å². The van der Waals surface area contributed by atoms with Crippen LogP contribution in [0.1, 0.15) is 16.8 Å². The Kier molecular flexibility index (Phi) is 7.76. The molecule has 0 aliphatic heterocycles. The van der Waals surface area contributed by atoms with Crippen molar-refractivity contribution in [3.05, 3.63) is 64.9 Å². The molecule has 0 saturated heterocycles. The minimum atomic E-state index is -0.505. The normalized spacial score (nSPS) is 10.3. The molecule has 2 N–H and O–H groups in total. The van der Waals surface area contributed by atoms with E-state index < -0.39 is 11.7 Å². The Labute approximate surface area is 155 Å². The van der Waals surface area contributed by atoms with Gasteiger partial charge in [0, 0.05) is 30.2 Å². The number of hydrogen-bond donors (Lipinski definition) is 2. The quantitative estimate of drug-likeness (QED) is 0.544. The second kappa shape index (κ2) is 10.1. The summed E-state index contributed by atoms with van der Waals surface area (Å²) in [5, 5.41) is 5.43. The number of halogens is 2. The topological polar surface area (TPSA) is 58.2 Å². The largest absolute Gasteiger partial charge is 0.355 e. The molecule has 0 spiro atoms. The second-order valence-corrected chi connectivity index (χ2v) is 6.72. The number of thioether (sulfide) groups is 1.